The number of methoxy groups -OCH3 is 1. The highest BCUT2D eigenvalue weighted by molar-refractivity contribution is 6.02. The van der Waals surface area contributed by atoms with E-state index in [0.29, 0.717) is 17.0 Å². The summed E-state index contributed by atoms with van der Waals surface area (Å²) in [6.45, 7) is 3.51. The predicted molar refractivity (Wildman–Crippen MR) is 90.5 cm³/mol. The molecule has 2 saturated carbocycles. The number of aliphatic carboxylic acids is 1. The summed E-state index contributed by atoms with van der Waals surface area (Å²) >= 11 is 0. The third-order valence-corrected chi connectivity index (χ3v) is 5.01. The van der Waals surface area contributed by atoms with Crippen molar-refractivity contribution in [1.82, 2.24) is 5.32 Å². The van der Waals surface area contributed by atoms with Gasteiger partial charge in [0.05, 0.1) is 24.6 Å². The van der Waals surface area contributed by atoms with E-state index in [1.165, 1.54) is 7.11 Å². The molecule has 1 aromatic carbocycles. The van der Waals surface area contributed by atoms with Crippen molar-refractivity contribution in [2.45, 2.75) is 32.7 Å². The summed E-state index contributed by atoms with van der Waals surface area (Å²) in [5, 5.41) is 14.8. The summed E-state index contributed by atoms with van der Waals surface area (Å²) < 4.78 is 5.24. The molecule has 0 aliphatic heterocycles. The van der Waals surface area contributed by atoms with Gasteiger partial charge >= 0.3 is 5.97 Å². The largest absolute Gasteiger partial charge is 0.495 e. The van der Waals surface area contributed by atoms with Crippen LogP contribution in [0.1, 0.15) is 37.0 Å². The van der Waals surface area contributed by atoms with Gasteiger partial charge in [0.25, 0.3) is 5.91 Å². The second-order valence-corrected chi connectivity index (χ2v) is 7.27. The zero-order valence-electron chi connectivity index (χ0n) is 14.5. The Bertz CT molecular complexity index is 739. The molecule has 0 heterocycles. The summed E-state index contributed by atoms with van der Waals surface area (Å²) in [4.78, 5) is 36.0. The minimum atomic E-state index is -0.977. The molecule has 0 radical (unpaired) electrons. The summed E-state index contributed by atoms with van der Waals surface area (Å²) in [5.74, 6) is -2.46. The summed E-state index contributed by atoms with van der Waals surface area (Å²) in [6, 6.07) is 5.04. The van der Waals surface area contributed by atoms with Crippen LogP contribution in [0, 0.1) is 17.3 Å². The Hall–Kier alpha value is -2.57. The average Bonchev–Trinajstić information content (AvgIpc) is 3.43. The molecule has 0 unspecified atom stereocenters. The van der Waals surface area contributed by atoms with E-state index in [1.54, 1.807) is 32.0 Å². The molecule has 2 aliphatic carbocycles. The van der Waals surface area contributed by atoms with Crippen LogP contribution in [0.3, 0.4) is 0 Å². The van der Waals surface area contributed by atoms with Crippen molar-refractivity contribution in [3.8, 4) is 5.75 Å². The quantitative estimate of drug-likeness (QED) is 0.729. The van der Waals surface area contributed by atoms with Gasteiger partial charge in [-0.15, -0.1) is 0 Å². The predicted octanol–water partition coefficient (Wildman–Crippen LogP) is 1.88. The molecule has 7 heteroatoms. The molecular formula is C18H22N2O5. The molecule has 2 fully saturated rings. The molecule has 2 aliphatic rings. The topological polar surface area (TPSA) is 105 Å². The number of ether oxygens (including phenoxy) is 1. The minimum absolute atomic E-state index is 0.198. The standard InChI is InChI=1S/C18H22N2O5/c1-18(2)13(14(18)17(23)24)16(22)20-11-8-9(4-7-12(11)25-3)15(21)19-10-5-6-10/h4,7-8,10,13-14H,5-6H2,1-3H3,(H,19,21)(H,20,22)(H,23,24)/t13-,14-/m1/s1. The second kappa shape index (κ2) is 6.06. The van der Waals surface area contributed by atoms with E-state index in [2.05, 4.69) is 10.6 Å². The number of hydrogen-bond acceptors (Lipinski definition) is 4. The zero-order valence-corrected chi connectivity index (χ0v) is 14.5. The number of amides is 2. The van der Waals surface area contributed by atoms with Gasteiger partial charge < -0.3 is 20.5 Å². The number of hydrogen-bond donors (Lipinski definition) is 3. The average molecular weight is 346 g/mol. The van der Waals surface area contributed by atoms with Gasteiger partial charge in [-0.25, -0.2) is 0 Å². The second-order valence-electron chi connectivity index (χ2n) is 7.27. The van der Waals surface area contributed by atoms with E-state index in [4.69, 9.17) is 4.74 Å². The Morgan fingerprint density at radius 3 is 2.40 bits per heavy atom. The number of nitrogens with one attached hydrogen (secondary N) is 2. The fourth-order valence-corrected chi connectivity index (χ4v) is 3.24. The first-order chi connectivity index (χ1) is 11.8. The molecule has 3 N–H and O–H groups in total. The number of carbonyl (C=O) groups is 3. The maximum absolute atomic E-state index is 12.5. The van der Waals surface area contributed by atoms with Crippen molar-refractivity contribution < 1.29 is 24.2 Å². The molecule has 0 saturated heterocycles. The molecule has 7 nitrogen and oxygen atoms in total. The van der Waals surface area contributed by atoms with Gasteiger partial charge in [-0.05, 0) is 36.5 Å². The first-order valence-electron chi connectivity index (χ1n) is 8.28. The monoisotopic (exact) mass is 346 g/mol. The maximum Gasteiger partial charge on any atom is 0.307 e. The Kier molecular flexibility index (Phi) is 4.18. The molecular weight excluding hydrogens is 324 g/mol. The third kappa shape index (κ3) is 3.31. The Morgan fingerprint density at radius 2 is 1.88 bits per heavy atom. The van der Waals surface area contributed by atoms with E-state index < -0.39 is 23.2 Å². The van der Waals surface area contributed by atoms with Crippen LogP contribution >= 0.6 is 0 Å². The molecule has 2 amide bonds. The zero-order chi connectivity index (χ0) is 18.4. The van der Waals surface area contributed by atoms with E-state index in [9.17, 15) is 19.5 Å². The lowest BCUT2D eigenvalue weighted by molar-refractivity contribution is -0.140. The van der Waals surface area contributed by atoms with Gasteiger partial charge in [0.2, 0.25) is 5.91 Å². The van der Waals surface area contributed by atoms with Gasteiger partial charge in [0.15, 0.2) is 0 Å². The van der Waals surface area contributed by atoms with Crippen LogP contribution < -0.4 is 15.4 Å². The Morgan fingerprint density at radius 1 is 1.20 bits per heavy atom. The highest BCUT2D eigenvalue weighted by atomic mass is 16.5. The Balaban J connectivity index is 1.77. The fraction of sp³-hybridized carbons (Fsp3) is 0.500. The van der Waals surface area contributed by atoms with Crippen LogP contribution in [-0.4, -0.2) is 36.0 Å². The van der Waals surface area contributed by atoms with Crippen LogP contribution in [0.2, 0.25) is 0 Å². The minimum Gasteiger partial charge on any atom is -0.495 e. The molecule has 134 valence electrons. The van der Waals surface area contributed by atoms with E-state index in [1.807, 2.05) is 0 Å². The SMILES string of the molecule is COc1ccc(C(=O)NC2CC2)cc1NC(=O)[C@H]1[C@H](C(=O)O)C1(C)C. The van der Waals surface area contributed by atoms with Crippen molar-refractivity contribution in [2.75, 3.05) is 12.4 Å². The van der Waals surface area contributed by atoms with E-state index >= 15 is 0 Å². The van der Waals surface area contributed by atoms with Gasteiger partial charge in [-0.3, -0.25) is 14.4 Å². The smallest absolute Gasteiger partial charge is 0.307 e. The normalized spacial score (nSPS) is 23.5. The molecule has 3 rings (SSSR count). The number of carboxylic acids is 1. The van der Waals surface area contributed by atoms with E-state index in [0.717, 1.165) is 12.8 Å². The van der Waals surface area contributed by atoms with Crippen molar-refractivity contribution in [3.05, 3.63) is 23.8 Å². The maximum atomic E-state index is 12.5. The third-order valence-electron chi connectivity index (χ3n) is 5.01. The highest BCUT2D eigenvalue weighted by Crippen LogP contribution is 2.58. The first-order valence-corrected chi connectivity index (χ1v) is 8.28. The summed E-state index contributed by atoms with van der Waals surface area (Å²) in [5.41, 5.74) is 0.194. The number of carbonyl (C=O) groups excluding carboxylic acids is 2. The lowest BCUT2D eigenvalue weighted by Gasteiger charge is -2.13. The molecule has 0 bridgehead atoms. The fourth-order valence-electron chi connectivity index (χ4n) is 3.24. The number of carboxylic acid groups (broad SMARTS) is 1. The van der Waals surface area contributed by atoms with Gasteiger partial charge in [0.1, 0.15) is 5.75 Å². The Labute approximate surface area is 145 Å². The molecule has 25 heavy (non-hydrogen) atoms. The number of rotatable bonds is 6. The summed E-state index contributed by atoms with van der Waals surface area (Å²) in [7, 11) is 1.47. The van der Waals surface area contributed by atoms with Crippen molar-refractivity contribution in [2.24, 2.45) is 17.3 Å². The van der Waals surface area contributed by atoms with Gasteiger partial charge in [0, 0.05) is 11.6 Å². The van der Waals surface area contributed by atoms with Crippen molar-refractivity contribution in [1.29, 1.82) is 0 Å². The molecule has 0 aromatic heterocycles. The lowest BCUT2D eigenvalue weighted by Crippen LogP contribution is -2.25. The first kappa shape index (κ1) is 17.3. The van der Waals surface area contributed by atoms with Crippen LogP contribution in [0.25, 0.3) is 0 Å². The molecule has 1 aromatic rings. The van der Waals surface area contributed by atoms with Gasteiger partial charge in [-0.1, -0.05) is 13.8 Å². The summed E-state index contributed by atoms with van der Waals surface area (Å²) in [6.07, 6.45) is 1.97. The van der Waals surface area contributed by atoms with Crippen LogP contribution in [-0.2, 0) is 9.59 Å². The lowest BCUT2D eigenvalue weighted by atomic mass is 10.1. The van der Waals surface area contributed by atoms with Crippen LogP contribution in [0.15, 0.2) is 18.2 Å². The van der Waals surface area contributed by atoms with Crippen molar-refractivity contribution in [3.63, 3.8) is 0 Å². The highest BCUT2D eigenvalue weighted by Gasteiger charge is 2.65. The number of benzene rings is 1. The van der Waals surface area contributed by atoms with Gasteiger partial charge in [-0.2, -0.15) is 0 Å². The number of anilines is 1. The molecule has 2 atom stereocenters. The van der Waals surface area contributed by atoms with E-state index in [-0.39, 0.29) is 17.9 Å². The van der Waals surface area contributed by atoms with Crippen molar-refractivity contribution >= 4 is 23.5 Å². The molecule has 0 spiro atoms. The van der Waals surface area contributed by atoms with Crippen LogP contribution in [0.4, 0.5) is 5.69 Å². The van der Waals surface area contributed by atoms with Crippen LogP contribution in [0.5, 0.6) is 5.75 Å².